The van der Waals surface area contributed by atoms with Crippen LogP contribution < -0.4 is 15.1 Å². The Labute approximate surface area is 186 Å². The summed E-state index contributed by atoms with van der Waals surface area (Å²) in [6.07, 6.45) is 4.61. The van der Waals surface area contributed by atoms with Gasteiger partial charge in [0.2, 0.25) is 5.91 Å². The average molecular weight is 444 g/mol. The van der Waals surface area contributed by atoms with Crippen LogP contribution in [0.1, 0.15) is 46.5 Å². The Morgan fingerprint density at radius 3 is 2.62 bits per heavy atom. The number of piperidine rings is 1. The van der Waals surface area contributed by atoms with Crippen LogP contribution in [0.2, 0.25) is 0 Å². The number of rotatable bonds is 4. The number of nitrogens with zero attached hydrogens (tertiary/aromatic N) is 4. The molecule has 10 heteroatoms. The Morgan fingerprint density at radius 1 is 1.25 bits per heavy atom. The van der Waals surface area contributed by atoms with Gasteiger partial charge in [0.25, 0.3) is 0 Å². The number of esters is 1. The first-order valence-corrected chi connectivity index (χ1v) is 10.8. The van der Waals surface area contributed by atoms with Gasteiger partial charge in [-0.05, 0) is 39.7 Å². The number of aromatic nitrogens is 2. The smallest absolute Gasteiger partial charge is 0.329 e. The maximum Gasteiger partial charge on any atom is 0.329 e. The van der Waals surface area contributed by atoms with Crippen LogP contribution in [-0.4, -0.2) is 63.2 Å². The van der Waals surface area contributed by atoms with Crippen molar-refractivity contribution < 1.29 is 24.2 Å². The molecule has 4 rings (SSSR count). The normalized spacial score (nSPS) is 19.2. The van der Waals surface area contributed by atoms with Gasteiger partial charge in [0.1, 0.15) is 17.1 Å². The summed E-state index contributed by atoms with van der Waals surface area (Å²) >= 11 is 0. The summed E-state index contributed by atoms with van der Waals surface area (Å²) < 4.78 is 7.16. The average Bonchev–Trinajstić information content (AvgIpc) is 3.09. The second kappa shape index (κ2) is 8.09. The molecule has 2 N–H and O–H groups in total. The summed E-state index contributed by atoms with van der Waals surface area (Å²) in [4.78, 5) is 43.8. The SMILES string of the molecule is CC(C)(C)OC(=O)CC1(O)CCN(c2ccn3c(N4CCC(=O)NC4=O)cnc3c2)CC1. The predicted octanol–water partition coefficient (Wildman–Crippen LogP) is 1.84. The van der Waals surface area contributed by atoms with Crippen LogP contribution >= 0.6 is 0 Å². The van der Waals surface area contributed by atoms with Crippen molar-refractivity contribution in [1.29, 1.82) is 0 Å². The van der Waals surface area contributed by atoms with Crippen LogP contribution in [0.5, 0.6) is 0 Å². The molecule has 0 aliphatic carbocycles. The molecule has 0 aromatic carbocycles. The highest BCUT2D eigenvalue weighted by atomic mass is 16.6. The van der Waals surface area contributed by atoms with Crippen molar-refractivity contribution in [3.63, 3.8) is 0 Å². The molecule has 172 valence electrons. The standard InChI is InChI=1S/C22H29N5O5/c1-21(2,3)32-19(29)13-22(31)6-10-25(11-7-22)15-4-8-26-16(12-15)23-14-18(26)27-9-5-17(28)24-20(27)30/h4,8,12,14,31H,5-7,9-11,13H2,1-3H3,(H,24,28,30). The van der Waals surface area contributed by atoms with E-state index in [0.717, 1.165) is 5.69 Å². The monoisotopic (exact) mass is 443 g/mol. The van der Waals surface area contributed by atoms with Crippen molar-refractivity contribution in [2.45, 2.75) is 57.7 Å². The zero-order chi connectivity index (χ0) is 23.1. The number of imide groups is 1. The number of pyridine rings is 1. The van der Waals surface area contributed by atoms with E-state index in [4.69, 9.17) is 4.74 Å². The van der Waals surface area contributed by atoms with Crippen LogP contribution in [0.4, 0.5) is 16.3 Å². The fraction of sp³-hybridized carbons (Fsp3) is 0.545. The zero-order valence-electron chi connectivity index (χ0n) is 18.6. The van der Waals surface area contributed by atoms with Crippen molar-refractivity contribution in [2.75, 3.05) is 29.4 Å². The van der Waals surface area contributed by atoms with E-state index in [1.165, 1.54) is 4.90 Å². The van der Waals surface area contributed by atoms with Crippen LogP contribution in [0, 0.1) is 0 Å². The number of anilines is 2. The summed E-state index contributed by atoms with van der Waals surface area (Å²) in [7, 11) is 0. The number of amides is 3. The molecular formula is C22H29N5O5. The summed E-state index contributed by atoms with van der Waals surface area (Å²) in [5.41, 5.74) is -0.0107. The lowest BCUT2D eigenvalue weighted by Gasteiger charge is -2.39. The number of urea groups is 1. The van der Waals surface area contributed by atoms with Gasteiger partial charge < -0.3 is 14.7 Å². The van der Waals surface area contributed by atoms with Crippen molar-refractivity contribution in [1.82, 2.24) is 14.7 Å². The van der Waals surface area contributed by atoms with Gasteiger partial charge >= 0.3 is 12.0 Å². The number of ether oxygens (including phenoxy) is 1. The van der Waals surface area contributed by atoms with Gasteiger partial charge in [-0.1, -0.05) is 0 Å². The fourth-order valence-electron chi connectivity index (χ4n) is 4.14. The maximum atomic E-state index is 12.2. The first-order valence-electron chi connectivity index (χ1n) is 10.8. The predicted molar refractivity (Wildman–Crippen MR) is 118 cm³/mol. The lowest BCUT2D eigenvalue weighted by molar-refractivity contribution is -0.161. The van der Waals surface area contributed by atoms with Crippen molar-refractivity contribution >= 4 is 35.1 Å². The zero-order valence-corrected chi connectivity index (χ0v) is 18.6. The molecule has 10 nitrogen and oxygen atoms in total. The molecule has 2 aromatic rings. The van der Waals surface area contributed by atoms with E-state index >= 15 is 0 Å². The topological polar surface area (TPSA) is 116 Å². The first-order chi connectivity index (χ1) is 15.0. The minimum Gasteiger partial charge on any atom is -0.460 e. The van der Waals surface area contributed by atoms with Crippen LogP contribution in [0.3, 0.4) is 0 Å². The molecule has 3 amide bonds. The molecule has 0 saturated carbocycles. The molecule has 0 spiro atoms. The second-order valence-electron chi connectivity index (χ2n) is 9.46. The summed E-state index contributed by atoms with van der Waals surface area (Å²) in [6, 6.07) is 3.41. The number of hydrogen-bond acceptors (Lipinski definition) is 7. The molecule has 0 radical (unpaired) electrons. The highest BCUT2D eigenvalue weighted by Crippen LogP contribution is 2.31. The minimum absolute atomic E-state index is 0.0127. The molecule has 0 atom stereocenters. The Morgan fingerprint density at radius 2 is 1.97 bits per heavy atom. The van der Waals surface area contributed by atoms with E-state index < -0.39 is 17.2 Å². The minimum atomic E-state index is -1.07. The third kappa shape index (κ3) is 4.69. The Bertz CT molecular complexity index is 1050. The maximum absolute atomic E-state index is 12.2. The van der Waals surface area contributed by atoms with Gasteiger partial charge in [-0.15, -0.1) is 0 Å². The number of hydrogen-bond donors (Lipinski definition) is 2. The molecule has 2 aliphatic rings. The molecule has 2 aromatic heterocycles. The quantitative estimate of drug-likeness (QED) is 0.693. The van der Waals surface area contributed by atoms with Crippen LogP contribution in [0.25, 0.3) is 5.65 Å². The highest BCUT2D eigenvalue weighted by molar-refractivity contribution is 6.05. The first kappa shape index (κ1) is 22.1. The molecule has 2 fully saturated rings. The van der Waals surface area contributed by atoms with E-state index in [-0.39, 0.29) is 24.7 Å². The van der Waals surface area contributed by atoms with Gasteiger partial charge in [-0.2, -0.15) is 0 Å². The van der Waals surface area contributed by atoms with Crippen LogP contribution in [-0.2, 0) is 14.3 Å². The van der Waals surface area contributed by atoms with Gasteiger partial charge in [-0.25, -0.2) is 9.78 Å². The number of aliphatic hydroxyl groups is 1. The molecule has 2 aliphatic heterocycles. The third-order valence-electron chi connectivity index (χ3n) is 5.76. The molecule has 2 saturated heterocycles. The van der Waals surface area contributed by atoms with Crippen LogP contribution in [0.15, 0.2) is 24.5 Å². The van der Waals surface area contributed by atoms with Gasteiger partial charge in [-0.3, -0.25) is 24.2 Å². The van der Waals surface area contributed by atoms with Crippen molar-refractivity contribution in [3.8, 4) is 0 Å². The van der Waals surface area contributed by atoms with Crippen molar-refractivity contribution in [3.05, 3.63) is 24.5 Å². The Kier molecular flexibility index (Phi) is 5.58. The lowest BCUT2D eigenvalue weighted by Crippen LogP contribution is -2.50. The van der Waals surface area contributed by atoms with E-state index in [1.807, 2.05) is 43.5 Å². The number of imidazole rings is 1. The van der Waals surface area contributed by atoms with E-state index in [0.29, 0.717) is 43.9 Å². The van der Waals surface area contributed by atoms with E-state index in [1.54, 1.807) is 6.20 Å². The second-order valence-corrected chi connectivity index (χ2v) is 9.46. The van der Waals surface area contributed by atoms with Crippen molar-refractivity contribution in [2.24, 2.45) is 0 Å². The number of fused-ring (bicyclic) bond motifs is 1. The largest absolute Gasteiger partial charge is 0.460 e. The van der Waals surface area contributed by atoms with E-state index in [9.17, 15) is 19.5 Å². The molecule has 0 unspecified atom stereocenters. The lowest BCUT2D eigenvalue weighted by atomic mass is 9.88. The number of nitrogens with one attached hydrogen (secondary N) is 1. The van der Waals surface area contributed by atoms with Gasteiger partial charge in [0.05, 0.1) is 18.2 Å². The highest BCUT2D eigenvalue weighted by Gasteiger charge is 2.36. The summed E-state index contributed by atoms with van der Waals surface area (Å²) in [5.74, 6) is -0.0655. The Balaban J connectivity index is 1.43. The molecule has 0 bridgehead atoms. The summed E-state index contributed by atoms with van der Waals surface area (Å²) in [6.45, 7) is 6.94. The fourth-order valence-corrected chi connectivity index (χ4v) is 4.14. The number of carbonyl (C=O) groups is 3. The third-order valence-corrected chi connectivity index (χ3v) is 5.76. The molecular weight excluding hydrogens is 414 g/mol. The van der Waals surface area contributed by atoms with E-state index in [2.05, 4.69) is 15.2 Å². The molecule has 4 heterocycles. The Hall–Kier alpha value is -3.14. The van der Waals surface area contributed by atoms with Gasteiger partial charge in [0, 0.05) is 44.0 Å². The molecule has 32 heavy (non-hydrogen) atoms. The summed E-state index contributed by atoms with van der Waals surface area (Å²) in [5, 5.41) is 13.2. The van der Waals surface area contributed by atoms with Gasteiger partial charge in [0.15, 0.2) is 0 Å². The number of carbonyl (C=O) groups excluding carboxylic acids is 3.